The maximum atomic E-state index is 11.2. The summed E-state index contributed by atoms with van der Waals surface area (Å²) in [7, 11) is 1.61. The third-order valence-electron chi connectivity index (χ3n) is 3.39. The Morgan fingerprint density at radius 2 is 2.17 bits per heavy atom. The number of hydrogen-bond donors (Lipinski definition) is 2. The second-order valence-electron chi connectivity index (χ2n) is 5.23. The molecule has 1 aromatic heterocycles. The Balaban J connectivity index is 2.06. The summed E-state index contributed by atoms with van der Waals surface area (Å²) in [6.07, 6.45) is 1.71. The number of pyridine rings is 1. The summed E-state index contributed by atoms with van der Waals surface area (Å²) in [6, 6.07) is 9.90. The van der Waals surface area contributed by atoms with Crippen LogP contribution in [0.2, 0.25) is 0 Å². The molecular weight excluding hydrogens is 358 g/mol. The molecular formula is C17H20BrN3O2. The lowest BCUT2D eigenvalue weighted by atomic mass is 10.1. The summed E-state index contributed by atoms with van der Waals surface area (Å²) in [4.78, 5) is 15.4. The molecule has 1 amide bonds. The van der Waals surface area contributed by atoms with E-state index < -0.39 is 0 Å². The normalized spacial score (nSPS) is 11.8. The first-order chi connectivity index (χ1) is 11.0. The molecule has 0 radical (unpaired) electrons. The number of carbonyl (C=O) groups is 1. The quantitative estimate of drug-likeness (QED) is 0.805. The van der Waals surface area contributed by atoms with E-state index in [0.717, 1.165) is 21.3 Å². The Labute approximate surface area is 144 Å². The van der Waals surface area contributed by atoms with Crippen molar-refractivity contribution in [3.05, 3.63) is 52.1 Å². The van der Waals surface area contributed by atoms with Crippen molar-refractivity contribution in [1.82, 2.24) is 10.3 Å². The Morgan fingerprint density at radius 3 is 2.87 bits per heavy atom. The maximum absolute atomic E-state index is 11.2. The van der Waals surface area contributed by atoms with Crippen LogP contribution in [0.15, 0.2) is 41.0 Å². The highest BCUT2D eigenvalue weighted by Crippen LogP contribution is 2.22. The number of aromatic nitrogens is 1. The molecule has 6 heteroatoms. The standard InChI is InChI=1S/C17H20BrN3O2/c1-11(13-5-4-6-16(8-13)21-12(2)22)19-9-14-7-15(18)10-20-17(14)23-3/h4-8,10-11,19H,9H2,1-3H3,(H,21,22). The monoisotopic (exact) mass is 377 g/mol. The van der Waals surface area contributed by atoms with Gasteiger partial charge in [-0.2, -0.15) is 0 Å². The summed E-state index contributed by atoms with van der Waals surface area (Å²) in [5.74, 6) is 0.535. The van der Waals surface area contributed by atoms with Crippen molar-refractivity contribution < 1.29 is 9.53 Å². The number of benzene rings is 1. The minimum absolute atomic E-state index is 0.0762. The molecule has 0 aliphatic heterocycles. The van der Waals surface area contributed by atoms with E-state index >= 15 is 0 Å². The molecule has 23 heavy (non-hydrogen) atoms. The molecule has 2 N–H and O–H groups in total. The largest absolute Gasteiger partial charge is 0.481 e. The van der Waals surface area contributed by atoms with Gasteiger partial charge in [0.15, 0.2) is 0 Å². The predicted molar refractivity (Wildman–Crippen MR) is 94.5 cm³/mol. The summed E-state index contributed by atoms with van der Waals surface area (Å²) >= 11 is 3.42. The lowest BCUT2D eigenvalue weighted by Crippen LogP contribution is -2.19. The number of nitrogens with zero attached hydrogens (tertiary/aromatic N) is 1. The molecule has 1 unspecified atom stereocenters. The smallest absolute Gasteiger partial charge is 0.221 e. The predicted octanol–water partition coefficient (Wildman–Crippen LogP) is 3.66. The first-order valence-corrected chi connectivity index (χ1v) is 8.08. The van der Waals surface area contributed by atoms with Gasteiger partial charge in [0.2, 0.25) is 11.8 Å². The zero-order valence-corrected chi connectivity index (χ0v) is 15.0. The molecule has 0 saturated carbocycles. The average molecular weight is 378 g/mol. The molecule has 0 aliphatic rings. The van der Waals surface area contributed by atoms with Crippen molar-refractivity contribution in [3.63, 3.8) is 0 Å². The van der Waals surface area contributed by atoms with Gasteiger partial charge in [-0.15, -0.1) is 0 Å². The third-order valence-corrected chi connectivity index (χ3v) is 3.82. The van der Waals surface area contributed by atoms with Gasteiger partial charge in [0, 0.05) is 41.4 Å². The SMILES string of the molecule is COc1ncc(Br)cc1CNC(C)c1cccc(NC(C)=O)c1. The van der Waals surface area contributed by atoms with E-state index in [2.05, 4.69) is 38.5 Å². The van der Waals surface area contributed by atoms with E-state index in [9.17, 15) is 4.79 Å². The third kappa shape index (κ3) is 5.04. The van der Waals surface area contributed by atoms with Crippen LogP contribution in [0.4, 0.5) is 5.69 Å². The van der Waals surface area contributed by atoms with Crippen LogP contribution < -0.4 is 15.4 Å². The number of halogens is 1. The summed E-state index contributed by atoms with van der Waals surface area (Å²) in [6.45, 7) is 4.20. The molecule has 2 rings (SSSR count). The van der Waals surface area contributed by atoms with Crippen LogP contribution in [0.3, 0.4) is 0 Å². The van der Waals surface area contributed by atoms with Gasteiger partial charge in [-0.25, -0.2) is 4.98 Å². The minimum Gasteiger partial charge on any atom is -0.481 e. The molecule has 5 nitrogen and oxygen atoms in total. The molecule has 122 valence electrons. The molecule has 2 aromatic rings. The fourth-order valence-electron chi connectivity index (χ4n) is 2.25. The van der Waals surface area contributed by atoms with E-state index in [-0.39, 0.29) is 11.9 Å². The number of ether oxygens (including phenoxy) is 1. The Bertz CT molecular complexity index is 691. The molecule has 0 fully saturated rings. The molecule has 0 bridgehead atoms. The first-order valence-electron chi connectivity index (χ1n) is 7.29. The van der Waals surface area contributed by atoms with Gasteiger partial charge in [-0.3, -0.25) is 4.79 Å². The zero-order valence-electron chi connectivity index (χ0n) is 13.4. The molecule has 1 atom stereocenters. The molecule has 0 saturated heterocycles. The van der Waals surface area contributed by atoms with Crippen LogP contribution in [0.5, 0.6) is 5.88 Å². The Morgan fingerprint density at radius 1 is 1.39 bits per heavy atom. The van der Waals surface area contributed by atoms with E-state index in [1.54, 1.807) is 13.3 Å². The number of amides is 1. The number of anilines is 1. The van der Waals surface area contributed by atoms with Crippen LogP contribution in [-0.4, -0.2) is 18.0 Å². The van der Waals surface area contributed by atoms with E-state index in [1.165, 1.54) is 6.92 Å². The van der Waals surface area contributed by atoms with Gasteiger partial charge in [0.1, 0.15) is 0 Å². The number of rotatable bonds is 6. The van der Waals surface area contributed by atoms with Crippen LogP contribution >= 0.6 is 15.9 Å². The van der Waals surface area contributed by atoms with Crippen LogP contribution in [-0.2, 0) is 11.3 Å². The topological polar surface area (TPSA) is 63.2 Å². The molecule has 1 heterocycles. The van der Waals surface area contributed by atoms with Gasteiger partial charge in [-0.1, -0.05) is 12.1 Å². The summed E-state index contributed by atoms with van der Waals surface area (Å²) in [5.41, 5.74) is 2.87. The number of hydrogen-bond acceptors (Lipinski definition) is 4. The zero-order chi connectivity index (χ0) is 16.8. The fraction of sp³-hybridized carbons (Fsp3) is 0.294. The van der Waals surface area contributed by atoms with Crippen LogP contribution in [0.25, 0.3) is 0 Å². The second kappa shape index (κ2) is 8.08. The number of methoxy groups -OCH3 is 1. The number of nitrogens with one attached hydrogen (secondary N) is 2. The van der Waals surface area contributed by atoms with Crippen molar-refractivity contribution in [2.24, 2.45) is 0 Å². The maximum Gasteiger partial charge on any atom is 0.221 e. The van der Waals surface area contributed by atoms with E-state index in [0.29, 0.717) is 12.4 Å². The van der Waals surface area contributed by atoms with Crippen LogP contribution in [0, 0.1) is 0 Å². The van der Waals surface area contributed by atoms with Crippen molar-refractivity contribution in [2.45, 2.75) is 26.4 Å². The fourth-order valence-corrected chi connectivity index (χ4v) is 2.63. The minimum atomic E-state index is -0.0762. The van der Waals surface area contributed by atoms with Crippen molar-refractivity contribution in [3.8, 4) is 5.88 Å². The highest BCUT2D eigenvalue weighted by molar-refractivity contribution is 9.10. The summed E-state index contributed by atoms with van der Waals surface area (Å²) in [5, 5.41) is 6.24. The Kier molecular flexibility index (Phi) is 6.12. The Hall–Kier alpha value is -1.92. The van der Waals surface area contributed by atoms with Gasteiger partial charge < -0.3 is 15.4 Å². The first kappa shape index (κ1) is 17.4. The van der Waals surface area contributed by atoms with E-state index in [1.807, 2.05) is 30.3 Å². The van der Waals surface area contributed by atoms with Gasteiger partial charge in [0.05, 0.1) is 7.11 Å². The molecule has 0 aliphatic carbocycles. The lowest BCUT2D eigenvalue weighted by Gasteiger charge is -2.16. The summed E-state index contributed by atoms with van der Waals surface area (Å²) < 4.78 is 6.19. The average Bonchev–Trinajstić information content (AvgIpc) is 2.52. The lowest BCUT2D eigenvalue weighted by molar-refractivity contribution is -0.114. The van der Waals surface area contributed by atoms with Gasteiger partial charge in [-0.05, 0) is 46.6 Å². The van der Waals surface area contributed by atoms with Crippen molar-refractivity contribution in [2.75, 3.05) is 12.4 Å². The molecule has 1 aromatic carbocycles. The van der Waals surface area contributed by atoms with Crippen molar-refractivity contribution >= 4 is 27.5 Å². The highest BCUT2D eigenvalue weighted by Gasteiger charge is 2.10. The number of carbonyl (C=O) groups excluding carboxylic acids is 1. The van der Waals surface area contributed by atoms with Crippen molar-refractivity contribution in [1.29, 1.82) is 0 Å². The van der Waals surface area contributed by atoms with Gasteiger partial charge in [0.25, 0.3) is 0 Å². The second-order valence-corrected chi connectivity index (χ2v) is 6.15. The molecule has 0 spiro atoms. The van der Waals surface area contributed by atoms with Crippen LogP contribution in [0.1, 0.15) is 31.0 Å². The highest BCUT2D eigenvalue weighted by atomic mass is 79.9. The van der Waals surface area contributed by atoms with Gasteiger partial charge >= 0.3 is 0 Å². The van der Waals surface area contributed by atoms with E-state index in [4.69, 9.17) is 4.74 Å².